The number of aryl methyl sites for hydroxylation is 1. The third-order valence-electron chi connectivity index (χ3n) is 3.73. The fourth-order valence-corrected chi connectivity index (χ4v) is 3.29. The Balaban J connectivity index is 1.55. The van der Waals surface area contributed by atoms with Gasteiger partial charge in [0.2, 0.25) is 0 Å². The molecule has 2 aromatic heterocycles. The van der Waals surface area contributed by atoms with Gasteiger partial charge in [-0.1, -0.05) is 0 Å². The van der Waals surface area contributed by atoms with E-state index >= 15 is 0 Å². The summed E-state index contributed by atoms with van der Waals surface area (Å²) in [4.78, 5) is 40.6. The number of halogens is 1. The molecule has 0 saturated carbocycles. The van der Waals surface area contributed by atoms with Crippen LogP contribution in [-0.4, -0.2) is 21.1 Å². The SMILES string of the molecule is Cc1csc2nc(COC(=O)CCC(=O)c3ccc(F)cc3)cc(=O)n12. The summed E-state index contributed by atoms with van der Waals surface area (Å²) in [6.45, 7) is 1.68. The van der Waals surface area contributed by atoms with Gasteiger partial charge in [-0.2, -0.15) is 0 Å². The number of nitrogens with zero attached hydrogens (tertiary/aromatic N) is 2. The van der Waals surface area contributed by atoms with Crippen LogP contribution in [0.25, 0.3) is 4.96 Å². The van der Waals surface area contributed by atoms with Gasteiger partial charge in [0, 0.05) is 29.1 Å². The molecule has 3 aromatic rings. The minimum Gasteiger partial charge on any atom is -0.459 e. The Kier molecular flexibility index (Phi) is 5.22. The average molecular weight is 374 g/mol. The van der Waals surface area contributed by atoms with Gasteiger partial charge < -0.3 is 4.74 Å². The monoisotopic (exact) mass is 374 g/mol. The number of benzene rings is 1. The molecule has 0 aliphatic carbocycles. The van der Waals surface area contributed by atoms with E-state index in [0.29, 0.717) is 16.2 Å². The first-order chi connectivity index (χ1) is 12.4. The lowest BCUT2D eigenvalue weighted by atomic mass is 10.1. The van der Waals surface area contributed by atoms with Crippen LogP contribution in [0.15, 0.2) is 40.5 Å². The zero-order chi connectivity index (χ0) is 18.7. The van der Waals surface area contributed by atoms with E-state index in [1.54, 1.807) is 0 Å². The van der Waals surface area contributed by atoms with Gasteiger partial charge in [0.1, 0.15) is 12.4 Å². The molecule has 26 heavy (non-hydrogen) atoms. The third kappa shape index (κ3) is 4.02. The van der Waals surface area contributed by atoms with Crippen LogP contribution in [0.4, 0.5) is 4.39 Å². The summed E-state index contributed by atoms with van der Waals surface area (Å²) in [6.07, 6.45) is -0.140. The first-order valence-electron chi connectivity index (χ1n) is 7.85. The Morgan fingerprint density at radius 1 is 1.23 bits per heavy atom. The lowest BCUT2D eigenvalue weighted by Crippen LogP contribution is -2.16. The number of fused-ring (bicyclic) bond motifs is 1. The first-order valence-corrected chi connectivity index (χ1v) is 8.73. The molecule has 0 aliphatic rings. The van der Waals surface area contributed by atoms with Gasteiger partial charge in [0.15, 0.2) is 10.7 Å². The Morgan fingerprint density at radius 3 is 2.69 bits per heavy atom. The Morgan fingerprint density at radius 2 is 1.96 bits per heavy atom. The fraction of sp³-hybridized carbons (Fsp3) is 0.222. The predicted octanol–water partition coefficient (Wildman–Crippen LogP) is 2.91. The van der Waals surface area contributed by atoms with Crippen molar-refractivity contribution in [2.75, 3.05) is 0 Å². The summed E-state index contributed by atoms with van der Waals surface area (Å²) < 4.78 is 19.4. The molecule has 0 atom stereocenters. The van der Waals surface area contributed by atoms with E-state index < -0.39 is 11.8 Å². The number of hydrogen-bond donors (Lipinski definition) is 0. The molecule has 6 nitrogen and oxygen atoms in total. The van der Waals surface area contributed by atoms with Gasteiger partial charge in [-0.3, -0.25) is 18.8 Å². The Labute approximate surface area is 151 Å². The molecular formula is C18H15FN2O4S. The quantitative estimate of drug-likeness (QED) is 0.490. The maximum atomic E-state index is 12.8. The van der Waals surface area contributed by atoms with Gasteiger partial charge in [0.25, 0.3) is 5.56 Å². The lowest BCUT2D eigenvalue weighted by molar-refractivity contribution is -0.145. The largest absolute Gasteiger partial charge is 0.459 e. The zero-order valence-corrected chi connectivity index (χ0v) is 14.7. The molecule has 0 radical (unpaired) electrons. The topological polar surface area (TPSA) is 77.7 Å². The number of hydrogen-bond acceptors (Lipinski definition) is 6. The number of carbonyl (C=O) groups excluding carboxylic acids is 2. The van der Waals surface area contributed by atoms with E-state index in [4.69, 9.17) is 4.74 Å². The maximum Gasteiger partial charge on any atom is 0.306 e. The van der Waals surface area contributed by atoms with E-state index in [1.807, 2.05) is 12.3 Å². The smallest absolute Gasteiger partial charge is 0.306 e. The number of rotatable bonds is 6. The summed E-state index contributed by atoms with van der Waals surface area (Å²) >= 11 is 1.33. The molecule has 0 bridgehead atoms. The van der Waals surface area contributed by atoms with E-state index in [1.165, 1.54) is 46.1 Å². The minimum absolute atomic E-state index is 0.0380. The highest BCUT2D eigenvalue weighted by atomic mass is 32.1. The highest BCUT2D eigenvalue weighted by molar-refractivity contribution is 7.15. The van der Waals surface area contributed by atoms with Crippen molar-refractivity contribution in [3.8, 4) is 0 Å². The average Bonchev–Trinajstić information content (AvgIpc) is 3.00. The summed E-state index contributed by atoms with van der Waals surface area (Å²) in [5.74, 6) is -1.26. The molecule has 2 heterocycles. The van der Waals surface area contributed by atoms with Crippen molar-refractivity contribution in [2.45, 2.75) is 26.4 Å². The molecule has 8 heteroatoms. The molecule has 0 amide bonds. The zero-order valence-electron chi connectivity index (χ0n) is 13.9. The second kappa shape index (κ2) is 7.57. The molecule has 0 unspecified atom stereocenters. The van der Waals surface area contributed by atoms with Crippen LogP contribution in [0.1, 0.15) is 34.6 Å². The second-order valence-electron chi connectivity index (χ2n) is 5.67. The van der Waals surface area contributed by atoms with Gasteiger partial charge in [-0.05, 0) is 31.2 Å². The van der Waals surface area contributed by atoms with Crippen molar-refractivity contribution in [1.82, 2.24) is 9.38 Å². The second-order valence-corrected chi connectivity index (χ2v) is 6.51. The standard InChI is InChI=1S/C18H15FN2O4S/c1-11-10-26-18-20-14(8-16(23)21(11)18)9-25-17(24)7-6-15(22)12-2-4-13(19)5-3-12/h2-5,8,10H,6-7,9H2,1H3. The normalized spacial score (nSPS) is 10.8. The van der Waals surface area contributed by atoms with Crippen LogP contribution in [0, 0.1) is 12.7 Å². The number of esters is 1. The minimum atomic E-state index is -0.565. The van der Waals surface area contributed by atoms with Crippen molar-refractivity contribution in [3.05, 3.63) is 68.8 Å². The van der Waals surface area contributed by atoms with Crippen LogP contribution in [0.3, 0.4) is 0 Å². The molecule has 0 spiro atoms. The molecule has 0 saturated heterocycles. The van der Waals surface area contributed by atoms with Crippen molar-refractivity contribution in [3.63, 3.8) is 0 Å². The van der Waals surface area contributed by atoms with Gasteiger partial charge in [-0.25, -0.2) is 9.37 Å². The molecule has 0 aliphatic heterocycles. The van der Waals surface area contributed by atoms with Gasteiger partial charge in [0.05, 0.1) is 12.1 Å². The molecular weight excluding hydrogens is 359 g/mol. The van der Waals surface area contributed by atoms with Crippen molar-refractivity contribution in [1.29, 1.82) is 0 Å². The van der Waals surface area contributed by atoms with Crippen LogP contribution >= 0.6 is 11.3 Å². The number of ketones is 1. The number of ether oxygens (including phenoxy) is 1. The van der Waals surface area contributed by atoms with Crippen LogP contribution in [0.5, 0.6) is 0 Å². The van der Waals surface area contributed by atoms with Gasteiger partial charge in [-0.15, -0.1) is 11.3 Å². The number of aromatic nitrogens is 2. The maximum absolute atomic E-state index is 12.8. The first kappa shape index (κ1) is 17.9. The molecule has 0 fully saturated rings. The highest BCUT2D eigenvalue weighted by Crippen LogP contribution is 2.12. The fourth-order valence-electron chi connectivity index (χ4n) is 2.40. The van der Waals surface area contributed by atoms with Crippen LogP contribution in [0.2, 0.25) is 0 Å². The number of carbonyl (C=O) groups is 2. The van der Waals surface area contributed by atoms with E-state index in [-0.39, 0.29) is 30.8 Å². The summed E-state index contributed by atoms with van der Waals surface area (Å²) in [7, 11) is 0. The van der Waals surface area contributed by atoms with Crippen molar-refractivity contribution >= 4 is 28.1 Å². The van der Waals surface area contributed by atoms with Crippen LogP contribution < -0.4 is 5.56 Å². The van der Waals surface area contributed by atoms with E-state index in [9.17, 15) is 18.8 Å². The molecule has 3 rings (SSSR count). The Hall–Kier alpha value is -2.87. The lowest BCUT2D eigenvalue weighted by Gasteiger charge is -2.05. The Bertz CT molecular complexity index is 1020. The summed E-state index contributed by atoms with van der Waals surface area (Å²) in [5.41, 5.74) is 1.26. The molecule has 0 N–H and O–H groups in total. The van der Waals surface area contributed by atoms with Crippen molar-refractivity contribution < 1.29 is 18.7 Å². The third-order valence-corrected chi connectivity index (χ3v) is 4.68. The van der Waals surface area contributed by atoms with Gasteiger partial charge >= 0.3 is 5.97 Å². The highest BCUT2D eigenvalue weighted by Gasteiger charge is 2.12. The van der Waals surface area contributed by atoms with E-state index in [0.717, 1.165) is 5.69 Å². The number of Topliss-reactive ketones (excluding diaryl/α,β-unsaturated/α-hetero) is 1. The molecule has 134 valence electrons. The summed E-state index contributed by atoms with van der Waals surface area (Å²) in [5, 5.41) is 1.82. The predicted molar refractivity (Wildman–Crippen MR) is 93.8 cm³/mol. The van der Waals surface area contributed by atoms with Crippen molar-refractivity contribution in [2.24, 2.45) is 0 Å². The van der Waals surface area contributed by atoms with E-state index in [2.05, 4.69) is 4.98 Å². The summed E-state index contributed by atoms with van der Waals surface area (Å²) in [6, 6.07) is 6.46. The van der Waals surface area contributed by atoms with Crippen LogP contribution in [-0.2, 0) is 16.1 Å². The number of thiazole rings is 1. The molecule has 1 aromatic carbocycles.